The molecule has 3 aliphatic heterocycles. The van der Waals surface area contributed by atoms with E-state index in [4.69, 9.17) is 0 Å². The largest absolute Gasteiger partial charge is 0.311 e. The van der Waals surface area contributed by atoms with Gasteiger partial charge in [-0.15, -0.1) is 0 Å². The molecule has 0 aromatic carbocycles. The fourth-order valence-corrected chi connectivity index (χ4v) is 3.90. The van der Waals surface area contributed by atoms with Crippen LogP contribution >= 0.6 is 0 Å². The number of nitrogens with one attached hydrogen (secondary N) is 1. The quantitative estimate of drug-likeness (QED) is 0.750. The molecule has 0 saturated carbocycles. The molecule has 16 heavy (non-hydrogen) atoms. The maximum Gasteiger partial charge on any atom is 0.0235 e. The van der Waals surface area contributed by atoms with E-state index in [0.717, 1.165) is 24.2 Å². The van der Waals surface area contributed by atoms with E-state index in [9.17, 15) is 0 Å². The minimum Gasteiger partial charge on any atom is -0.311 e. The van der Waals surface area contributed by atoms with Crippen molar-refractivity contribution in [1.82, 2.24) is 15.1 Å². The molecular formula is C13H25N3. The molecule has 3 heterocycles. The standard InChI is InChI=1S/C13H25N3/c1-15-6-5-12(9-15)16(2)13-7-10-3-4-11(8-13)14-10/h10-14H,3-9H2,1-2H3. The first kappa shape index (κ1) is 11.0. The maximum atomic E-state index is 3.74. The molecule has 0 aromatic heterocycles. The third-order valence-corrected chi connectivity index (χ3v) is 4.97. The highest BCUT2D eigenvalue weighted by Crippen LogP contribution is 2.31. The lowest BCUT2D eigenvalue weighted by Crippen LogP contribution is -2.50. The van der Waals surface area contributed by atoms with Gasteiger partial charge in [0.15, 0.2) is 0 Å². The first-order chi connectivity index (χ1) is 7.72. The summed E-state index contributed by atoms with van der Waals surface area (Å²) in [6, 6.07) is 3.30. The van der Waals surface area contributed by atoms with E-state index in [0.29, 0.717) is 0 Å². The highest BCUT2D eigenvalue weighted by molar-refractivity contribution is 4.97. The normalized spacial score (nSPS) is 44.4. The Morgan fingerprint density at radius 1 is 1.06 bits per heavy atom. The number of rotatable bonds is 2. The molecule has 3 heteroatoms. The lowest BCUT2D eigenvalue weighted by molar-refractivity contribution is 0.127. The van der Waals surface area contributed by atoms with Crippen molar-refractivity contribution in [3.63, 3.8) is 0 Å². The fourth-order valence-electron chi connectivity index (χ4n) is 3.90. The van der Waals surface area contributed by atoms with Crippen molar-refractivity contribution in [2.75, 3.05) is 27.2 Å². The summed E-state index contributed by atoms with van der Waals surface area (Å²) in [6.45, 7) is 2.56. The van der Waals surface area contributed by atoms with Gasteiger partial charge < -0.3 is 10.2 Å². The van der Waals surface area contributed by atoms with Gasteiger partial charge in [-0.05, 0) is 52.7 Å². The first-order valence-electron chi connectivity index (χ1n) is 6.89. The topological polar surface area (TPSA) is 18.5 Å². The van der Waals surface area contributed by atoms with Crippen LogP contribution in [-0.2, 0) is 0 Å². The van der Waals surface area contributed by atoms with E-state index < -0.39 is 0 Å². The summed E-state index contributed by atoms with van der Waals surface area (Å²) in [5.74, 6) is 0. The van der Waals surface area contributed by atoms with E-state index >= 15 is 0 Å². The molecule has 3 rings (SSSR count). The third kappa shape index (κ3) is 2.01. The van der Waals surface area contributed by atoms with Gasteiger partial charge in [0.25, 0.3) is 0 Å². The highest BCUT2D eigenvalue weighted by Gasteiger charge is 2.37. The van der Waals surface area contributed by atoms with E-state index in [1.807, 2.05) is 0 Å². The molecule has 3 aliphatic rings. The van der Waals surface area contributed by atoms with Gasteiger partial charge in [-0.3, -0.25) is 4.90 Å². The summed E-state index contributed by atoms with van der Waals surface area (Å²) in [5, 5.41) is 3.74. The smallest absolute Gasteiger partial charge is 0.0235 e. The lowest BCUT2D eigenvalue weighted by Gasteiger charge is -2.38. The van der Waals surface area contributed by atoms with Crippen molar-refractivity contribution in [2.24, 2.45) is 0 Å². The lowest BCUT2D eigenvalue weighted by atomic mass is 9.97. The molecule has 3 fully saturated rings. The van der Waals surface area contributed by atoms with Crippen LogP contribution in [0, 0.1) is 0 Å². The Bertz CT molecular complexity index is 244. The third-order valence-electron chi connectivity index (χ3n) is 4.97. The van der Waals surface area contributed by atoms with Crippen molar-refractivity contribution in [3.8, 4) is 0 Å². The van der Waals surface area contributed by atoms with Gasteiger partial charge in [0.1, 0.15) is 0 Å². The van der Waals surface area contributed by atoms with Crippen LogP contribution in [0.15, 0.2) is 0 Å². The van der Waals surface area contributed by atoms with Gasteiger partial charge in [-0.2, -0.15) is 0 Å². The van der Waals surface area contributed by atoms with Crippen molar-refractivity contribution in [3.05, 3.63) is 0 Å². The minimum atomic E-state index is 0.812. The van der Waals surface area contributed by atoms with Crippen LogP contribution in [0.25, 0.3) is 0 Å². The Morgan fingerprint density at radius 2 is 1.75 bits per heavy atom. The molecule has 92 valence electrons. The van der Waals surface area contributed by atoms with Crippen molar-refractivity contribution in [1.29, 1.82) is 0 Å². The van der Waals surface area contributed by atoms with Gasteiger partial charge in [-0.25, -0.2) is 0 Å². The van der Waals surface area contributed by atoms with Crippen LogP contribution in [0.4, 0.5) is 0 Å². The second-order valence-electron chi connectivity index (χ2n) is 6.13. The second kappa shape index (κ2) is 4.28. The van der Waals surface area contributed by atoms with E-state index in [-0.39, 0.29) is 0 Å². The van der Waals surface area contributed by atoms with Gasteiger partial charge in [0.2, 0.25) is 0 Å². The summed E-state index contributed by atoms with van der Waals surface area (Å²) < 4.78 is 0. The Labute approximate surface area is 99.2 Å². The molecule has 1 N–H and O–H groups in total. The SMILES string of the molecule is CN1CCC(N(C)C2CC3CCC(C2)N3)C1. The molecular weight excluding hydrogens is 198 g/mol. The van der Waals surface area contributed by atoms with Gasteiger partial charge >= 0.3 is 0 Å². The molecule has 0 spiro atoms. The first-order valence-corrected chi connectivity index (χ1v) is 6.89. The van der Waals surface area contributed by atoms with Crippen LogP contribution < -0.4 is 5.32 Å². The van der Waals surface area contributed by atoms with Gasteiger partial charge in [0.05, 0.1) is 0 Å². The Kier molecular flexibility index (Phi) is 2.94. The number of nitrogens with zero attached hydrogens (tertiary/aromatic N) is 2. The highest BCUT2D eigenvalue weighted by atomic mass is 15.3. The van der Waals surface area contributed by atoms with Gasteiger partial charge in [-0.1, -0.05) is 0 Å². The molecule has 3 unspecified atom stereocenters. The van der Waals surface area contributed by atoms with Crippen molar-refractivity contribution in [2.45, 2.75) is 56.3 Å². The van der Waals surface area contributed by atoms with Crippen LogP contribution in [-0.4, -0.2) is 61.2 Å². The molecule has 0 aromatic rings. The summed E-state index contributed by atoms with van der Waals surface area (Å²) in [5.41, 5.74) is 0. The summed E-state index contributed by atoms with van der Waals surface area (Å²) in [6.07, 6.45) is 6.96. The fraction of sp³-hybridized carbons (Fsp3) is 1.00. The Morgan fingerprint density at radius 3 is 2.31 bits per heavy atom. The zero-order valence-corrected chi connectivity index (χ0v) is 10.7. The zero-order chi connectivity index (χ0) is 11.1. The number of hydrogen-bond acceptors (Lipinski definition) is 3. The molecule has 3 nitrogen and oxygen atoms in total. The predicted octanol–water partition coefficient (Wildman–Crippen LogP) is 0.905. The van der Waals surface area contributed by atoms with Crippen LogP contribution in [0.5, 0.6) is 0 Å². The summed E-state index contributed by atoms with van der Waals surface area (Å²) >= 11 is 0. The van der Waals surface area contributed by atoms with Crippen LogP contribution in [0.3, 0.4) is 0 Å². The number of piperidine rings is 1. The average Bonchev–Trinajstić information content (AvgIpc) is 2.84. The number of likely N-dealkylation sites (tertiary alicyclic amines) is 1. The molecule has 0 radical (unpaired) electrons. The maximum absolute atomic E-state index is 3.74. The van der Waals surface area contributed by atoms with E-state index in [1.165, 1.54) is 45.2 Å². The molecule has 2 bridgehead atoms. The van der Waals surface area contributed by atoms with Crippen molar-refractivity contribution >= 4 is 0 Å². The Hall–Kier alpha value is -0.120. The zero-order valence-electron chi connectivity index (χ0n) is 10.7. The van der Waals surface area contributed by atoms with E-state index in [2.05, 4.69) is 29.2 Å². The van der Waals surface area contributed by atoms with Crippen molar-refractivity contribution < 1.29 is 0 Å². The van der Waals surface area contributed by atoms with Gasteiger partial charge in [0, 0.05) is 30.7 Å². The molecule has 0 aliphatic carbocycles. The van der Waals surface area contributed by atoms with Crippen LogP contribution in [0.2, 0.25) is 0 Å². The molecule has 0 amide bonds. The second-order valence-corrected chi connectivity index (χ2v) is 6.13. The summed E-state index contributed by atoms with van der Waals surface area (Å²) in [7, 11) is 4.61. The molecule has 3 saturated heterocycles. The van der Waals surface area contributed by atoms with Crippen LogP contribution in [0.1, 0.15) is 32.1 Å². The minimum absolute atomic E-state index is 0.812. The number of likely N-dealkylation sites (N-methyl/N-ethyl adjacent to an activating group) is 2. The number of hydrogen-bond donors (Lipinski definition) is 1. The Balaban J connectivity index is 1.60. The van der Waals surface area contributed by atoms with E-state index in [1.54, 1.807) is 0 Å². The number of fused-ring (bicyclic) bond motifs is 2. The average molecular weight is 223 g/mol. The predicted molar refractivity (Wildman–Crippen MR) is 66.6 cm³/mol. The molecule has 3 atom stereocenters. The monoisotopic (exact) mass is 223 g/mol. The summed E-state index contributed by atoms with van der Waals surface area (Å²) in [4.78, 5) is 5.16.